The van der Waals surface area contributed by atoms with Crippen LogP contribution in [0.5, 0.6) is 5.75 Å². The number of nitrogens with two attached hydrogens (primary N) is 1. The number of carbonyl (C=O) groups excluding carboxylic acids is 2. The van der Waals surface area contributed by atoms with Gasteiger partial charge in [0.15, 0.2) is 0 Å². The first-order chi connectivity index (χ1) is 15.1. The molecule has 0 bridgehead atoms. The molecular weight excluding hydrogens is 402 g/mol. The van der Waals surface area contributed by atoms with E-state index in [2.05, 4.69) is 23.5 Å². The smallest absolute Gasteiger partial charge is 0.243 e. The molecule has 3 atom stereocenters. The number of aryl methyl sites for hydroxylation is 1. The van der Waals surface area contributed by atoms with E-state index in [1.54, 1.807) is 17.0 Å². The molecule has 6 heteroatoms. The van der Waals surface area contributed by atoms with Crippen LogP contribution in [0.4, 0.5) is 0 Å². The first-order valence-corrected chi connectivity index (χ1v) is 11.4. The molecule has 0 saturated carbocycles. The van der Waals surface area contributed by atoms with Crippen molar-refractivity contribution in [3.05, 3.63) is 64.7 Å². The van der Waals surface area contributed by atoms with Gasteiger partial charge in [0, 0.05) is 19.0 Å². The number of hydrogen-bond acceptors (Lipinski definition) is 4. The predicted molar refractivity (Wildman–Crippen MR) is 124 cm³/mol. The molecule has 2 amide bonds. The van der Waals surface area contributed by atoms with Crippen LogP contribution in [0.15, 0.2) is 42.5 Å². The summed E-state index contributed by atoms with van der Waals surface area (Å²) in [7, 11) is 0. The lowest BCUT2D eigenvalue weighted by Crippen LogP contribution is -2.59. The molecule has 6 nitrogen and oxygen atoms in total. The first kappa shape index (κ1) is 22.3. The quantitative estimate of drug-likeness (QED) is 0.691. The Morgan fingerprint density at radius 3 is 2.47 bits per heavy atom. The minimum Gasteiger partial charge on any atom is -0.508 e. The highest BCUT2D eigenvalue weighted by Crippen LogP contribution is 2.30. The molecule has 2 aromatic carbocycles. The molecular formula is C26H33N3O3. The van der Waals surface area contributed by atoms with Crippen LogP contribution in [0.1, 0.15) is 49.4 Å². The number of benzene rings is 2. The van der Waals surface area contributed by atoms with Gasteiger partial charge in [-0.25, -0.2) is 0 Å². The van der Waals surface area contributed by atoms with E-state index in [0.717, 1.165) is 30.4 Å². The zero-order valence-corrected chi connectivity index (χ0v) is 19.1. The van der Waals surface area contributed by atoms with Crippen LogP contribution in [-0.2, 0) is 35.4 Å². The molecule has 0 unspecified atom stereocenters. The molecule has 0 radical (unpaired) electrons. The normalized spacial score (nSPS) is 21.3. The fourth-order valence-electron chi connectivity index (χ4n) is 4.70. The van der Waals surface area contributed by atoms with Crippen molar-refractivity contribution in [3.8, 4) is 5.75 Å². The van der Waals surface area contributed by atoms with Crippen LogP contribution in [-0.4, -0.2) is 39.9 Å². The Balaban J connectivity index is 1.57. The Hall–Kier alpha value is -2.86. The molecule has 4 rings (SSSR count). The number of fused-ring (bicyclic) bond motifs is 2. The maximum Gasteiger partial charge on any atom is 0.243 e. The molecule has 0 spiro atoms. The Morgan fingerprint density at radius 1 is 1.06 bits per heavy atom. The second-order valence-electron chi connectivity index (χ2n) is 10.2. The highest BCUT2D eigenvalue weighted by Gasteiger charge is 2.40. The van der Waals surface area contributed by atoms with Gasteiger partial charge in [0.05, 0.1) is 6.04 Å². The summed E-state index contributed by atoms with van der Waals surface area (Å²) in [5.74, 6) is -0.219. The molecule has 0 fully saturated rings. The first-order valence-electron chi connectivity index (χ1n) is 11.4. The second kappa shape index (κ2) is 8.58. The van der Waals surface area contributed by atoms with Gasteiger partial charge in [-0.3, -0.25) is 9.59 Å². The summed E-state index contributed by atoms with van der Waals surface area (Å²) in [5.41, 5.74) is 10.3. The summed E-state index contributed by atoms with van der Waals surface area (Å²) < 4.78 is 0. The van der Waals surface area contributed by atoms with Gasteiger partial charge in [0.2, 0.25) is 11.8 Å². The second-order valence-corrected chi connectivity index (χ2v) is 10.2. The fourth-order valence-corrected chi connectivity index (χ4v) is 4.70. The summed E-state index contributed by atoms with van der Waals surface area (Å²) in [5, 5.41) is 13.1. The van der Waals surface area contributed by atoms with Crippen LogP contribution in [0, 0.1) is 5.41 Å². The van der Waals surface area contributed by atoms with Gasteiger partial charge in [-0.1, -0.05) is 51.1 Å². The summed E-state index contributed by atoms with van der Waals surface area (Å²) in [6.07, 6.45) is 3.03. The van der Waals surface area contributed by atoms with Crippen LogP contribution in [0.2, 0.25) is 0 Å². The maximum atomic E-state index is 13.4. The summed E-state index contributed by atoms with van der Waals surface area (Å²) in [4.78, 5) is 28.4. The Kier molecular flexibility index (Phi) is 5.99. The van der Waals surface area contributed by atoms with Crippen molar-refractivity contribution >= 4 is 11.8 Å². The zero-order valence-electron chi connectivity index (χ0n) is 19.1. The molecule has 32 heavy (non-hydrogen) atoms. The number of phenols is 1. The molecule has 170 valence electrons. The van der Waals surface area contributed by atoms with E-state index < -0.39 is 17.5 Å². The maximum absolute atomic E-state index is 13.4. The van der Waals surface area contributed by atoms with Crippen molar-refractivity contribution in [2.75, 3.05) is 0 Å². The van der Waals surface area contributed by atoms with Gasteiger partial charge in [0.25, 0.3) is 0 Å². The fraction of sp³-hybridized carbons (Fsp3) is 0.462. The van der Waals surface area contributed by atoms with Gasteiger partial charge >= 0.3 is 0 Å². The van der Waals surface area contributed by atoms with Crippen molar-refractivity contribution in [1.82, 2.24) is 10.2 Å². The molecule has 2 aliphatic rings. The molecule has 1 heterocycles. The number of hydrogen-bond donors (Lipinski definition) is 3. The van der Waals surface area contributed by atoms with Crippen molar-refractivity contribution < 1.29 is 14.7 Å². The zero-order chi connectivity index (χ0) is 23.0. The van der Waals surface area contributed by atoms with Gasteiger partial charge in [-0.15, -0.1) is 0 Å². The lowest BCUT2D eigenvalue weighted by Gasteiger charge is -2.40. The number of nitrogens with one attached hydrogen (secondary N) is 1. The van der Waals surface area contributed by atoms with Crippen molar-refractivity contribution in [2.24, 2.45) is 11.1 Å². The van der Waals surface area contributed by atoms with Crippen molar-refractivity contribution in [3.63, 3.8) is 0 Å². The van der Waals surface area contributed by atoms with Crippen LogP contribution in [0.3, 0.4) is 0 Å². The van der Waals surface area contributed by atoms with Gasteiger partial charge < -0.3 is 21.1 Å². The minimum atomic E-state index is -0.724. The van der Waals surface area contributed by atoms with E-state index >= 15 is 0 Å². The number of nitrogens with zero attached hydrogens (tertiary/aromatic N) is 1. The van der Waals surface area contributed by atoms with E-state index in [9.17, 15) is 14.7 Å². The number of amides is 2. The average molecular weight is 436 g/mol. The van der Waals surface area contributed by atoms with Crippen LogP contribution in [0.25, 0.3) is 0 Å². The summed E-state index contributed by atoms with van der Waals surface area (Å²) in [6, 6.07) is 12.2. The standard InChI is InChI=1S/C26H33N3O3/c1-26(2,3)23(27)25(32)29-15-19-13-21(30)11-9-18(19)14-22(29)24(31)28-20-10-8-16-6-4-5-7-17(16)12-20/h4-7,9,11,13,20,22-23,30H,8,10,12,14-15,27H2,1-3H3,(H,28,31)/t20-,22+,23-/m1/s1. The van der Waals surface area contributed by atoms with Gasteiger partial charge in [0.1, 0.15) is 11.8 Å². The molecule has 0 saturated heterocycles. The van der Waals surface area contributed by atoms with Crippen molar-refractivity contribution in [2.45, 2.75) is 71.1 Å². The summed E-state index contributed by atoms with van der Waals surface area (Å²) >= 11 is 0. The van der Waals surface area contributed by atoms with E-state index in [-0.39, 0.29) is 30.2 Å². The SMILES string of the molecule is CC(C)(C)[C@H](N)C(=O)N1Cc2cc(O)ccc2C[C@H]1C(=O)N[C@@H]1CCc2ccccc2C1. The van der Waals surface area contributed by atoms with E-state index in [0.29, 0.717) is 6.42 Å². The summed E-state index contributed by atoms with van der Waals surface area (Å²) in [6.45, 7) is 6.04. The molecule has 0 aromatic heterocycles. The van der Waals surface area contributed by atoms with Gasteiger partial charge in [-0.05, 0) is 59.1 Å². The van der Waals surface area contributed by atoms with E-state index in [4.69, 9.17) is 5.73 Å². The number of aromatic hydroxyl groups is 1. The Labute approximate surface area is 189 Å². The lowest BCUT2D eigenvalue weighted by atomic mass is 9.84. The van der Waals surface area contributed by atoms with Crippen LogP contribution >= 0.6 is 0 Å². The Morgan fingerprint density at radius 2 is 1.75 bits per heavy atom. The van der Waals surface area contributed by atoms with Crippen LogP contribution < -0.4 is 11.1 Å². The third-order valence-electron chi connectivity index (χ3n) is 6.80. The molecule has 4 N–H and O–H groups in total. The number of rotatable bonds is 3. The third kappa shape index (κ3) is 4.51. The topological polar surface area (TPSA) is 95.7 Å². The van der Waals surface area contributed by atoms with E-state index in [1.807, 2.05) is 32.9 Å². The lowest BCUT2D eigenvalue weighted by molar-refractivity contribution is -0.145. The molecule has 1 aliphatic carbocycles. The highest BCUT2D eigenvalue weighted by atomic mass is 16.3. The largest absolute Gasteiger partial charge is 0.508 e. The third-order valence-corrected chi connectivity index (χ3v) is 6.80. The monoisotopic (exact) mass is 435 g/mol. The molecule has 1 aliphatic heterocycles. The highest BCUT2D eigenvalue weighted by molar-refractivity contribution is 5.91. The Bertz CT molecular complexity index is 1030. The van der Waals surface area contributed by atoms with Crippen molar-refractivity contribution in [1.29, 1.82) is 0 Å². The predicted octanol–water partition coefficient (Wildman–Crippen LogP) is 2.69. The van der Waals surface area contributed by atoms with Gasteiger partial charge in [-0.2, -0.15) is 0 Å². The minimum absolute atomic E-state index is 0.0480. The number of carbonyl (C=O) groups is 2. The molecule has 2 aromatic rings. The number of phenolic OH excluding ortho intramolecular Hbond substituents is 1. The van der Waals surface area contributed by atoms with E-state index in [1.165, 1.54) is 11.1 Å². The average Bonchev–Trinajstić information content (AvgIpc) is 2.76.